The average Bonchev–Trinajstić information content (AvgIpc) is 3.30. The molecule has 45 heavy (non-hydrogen) atoms. The van der Waals surface area contributed by atoms with Crippen molar-refractivity contribution < 1.29 is 14.4 Å². The highest BCUT2D eigenvalue weighted by Gasteiger charge is 2.31. The first-order valence-electron chi connectivity index (χ1n) is 16.1. The Balaban J connectivity index is 0. The molecule has 1 aliphatic heterocycles. The number of para-hydroxylation sites is 1. The van der Waals surface area contributed by atoms with Crippen LogP contribution in [-0.4, -0.2) is 32.1 Å². The zero-order valence-corrected chi connectivity index (χ0v) is 30.3. The number of aromatic nitrogens is 1. The Morgan fingerprint density at radius 1 is 0.867 bits per heavy atom. The molecule has 0 aliphatic carbocycles. The van der Waals surface area contributed by atoms with E-state index in [1.54, 1.807) is 5.56 Å². The molecule has 248 valence electrons. The van der Waals surface area contributed by atoms with Crippen LogP contribution in [0.25, 0.3) is 0 Å². The Labute approximate surface area is 281 Å². The van der Waals surface area contributed by atoms with Crippen LogP contribution in [0.1, 0.15) is 83.8 Å². The fraction of sp³-hybridized carbons (Fsp3) is 0.475. The number of anilines is 1. The Kier molecular flexibility index (Phi) is 27.3. The van der Waals surface area contributed by atoms with Crippen LogP contribution in [0.4, 0.5) is 5.69 Å². The summed E-state index contributed by atoms with van der Waals surface area (Å²) >= 11 is 2.12. The summed E-state index contributed by atoms with van der Waals surface area (Å²) in [6.07, 6.45) is 31.0. The number of aliphatic hydroxyl groups excluding tert-OH is 1. The van der Waals surface area contributed by atoms with E-state index >= 15 is 0 Å². The van der Waals surface area contributed by atoms with E-state index in [2.05, 4.69) is 101 Å². The highest BCUT2D eigenvalue weighted by Crippen LogP contribution is 2.45. The molecule has 0 atom stereocenters. The smallest absolute Gasteiger partial charge is 0.168 e. The Bertz CT molecular complexity index is 1130. The highest BCUT2D eigenvalue weighted by molar-refractivity contribution is 7.99. The van der Waals surface area contributed by atoms with Crippen molar-refractivity contribution in [2.24, 2.45) is 12.5 Å². The molecule has 1 aliphatic rings. The number of aliphatic hydroxyl groups is 1. The van der Waals surface area contributed by atoms with Gasteiger partial charge < -0.3 is 14.7 Å². The van der Waals surface area contributed by atoms with Gasteiger partial charge in [-0.25, -0.2) is 4.57 Å². The highest BCUT2D eigenvalue weighted by atomic mass is 32.2. The summed E-state index contributed by atoms with van der Waals surface area (Å²) in [4.78, 5) is 3.75. The van der Waals surface area contributed by atoms with Crippen LogP contribution in [-0.2, 0) is 20.1 Å². The van der Waals surface area contributed by atoms with Crippen LogP contribution < -0.4 is 14.2 Å². The van der Waals surface area contributed by atoms with Crippen molar-refractivity contribution in [3.8, 4) is 31.4 Å². The molecule has 4 nitrogen and oxygen atoms in total. The van der Waals surface area contributed by atoms with E-state index < -0.39 is 0 Å². The summed E-state index contributed by atoms with van der Waals surface area (Å²) in [5.74, 6) is 2.23. The number of nitrogens with zero attached hydrogens (tertiary/aromatic N) is 2. The number of rotatable bonds is 10. The van der Waals surface area contributed by atoms with E-state index in [-0.39, 0.29) is 0 Å². The largest absolute Gasteiger partial charge is 0.489 e. The second-order valence-electron chi connectivity index (χ2n) is 10.7. The van der Waals surface area contributed by atoms with Crippen molar-refractivity contribution in [2.45, 2.75) is 90.6 Å². The number of terminal acetylenes is 2. The van der Waals surface area contributed by atoms with Gasteiger partial charge in [0.05, 0.1) is 0 Å². The topological polar surface area (TPSA) is 36.6 Å². The zero-order valence-electron chi connectivity index (χ0n) is 29.5. The lowest BCUT2D eigenvalue weighted by atomic mass is 9.75. The van der Waals surface area contributed by atoms with E-state index in [1.807, 2.05) is 68.2 Å². The van der Waals surface area contributed by atoms with Gasteiger partial charge in [-0.2, -0.15) is 0 Å². The van der Waals surface area contributed by atoms with Crippen LogP contribution in [0.2, 0.25) is 0 Å². The summed E-state index contributed by atoms with van der Waals surface area (Å²) < 4.78 is 7.63. The Morgan fingerprint density at radius 2 is 1.42 bits per heavy atom. The van der Waals surface area contributed by atoms with Gasteiger partial charge in [-0.05, 0) is 67.0 Å². The molecule has 3 aromatic rings. The first-order valence-corrected chi connectivity index (χ1v) is 17.1. The van der Waals surface area contributed by atoms with Crippen molar-refractivity contribution in [1.29, 1.82) is 0 Å². The quantitative estimate of drug-likeness (QED) is 0.178. The SMILES string of the molecule is C#C.C#C.CC.CCCCC1(CCCC)CCc2cc(N(C)C)ccc2SC1.CO.C[n+]1ccc(COc2ccccc2)cc1. The number of ether oxygens (including phenoxy) is 1. The maximum atomic E-state index is 7.00. The predicted molar refractivity (Wildman–Crippen MR) is 199 cm³/mol. The number of fused-ring (bicyclic) bond motifs is 1. The van der Waals surface area contributed by atoms with Crippen molar-refractivity contribution >= 4 is 17.4 Å². The maximum absolute atomic E-state index is 7.00. The van der Waals surface area contributed by atoms with Gasteiger partial charge in [-0.15, -0.1) is 37.5 Å². The lowest BCUT2D eigenvalue weighted by molar-refractivity contribution is -0.671. The first-order chi connectivity index (χ1) is 21.9. The number of thioether (sulfide) groups is 1. The molecule has 0 bridgehead atoms. The van der Waals surface area contributed by atoms with Gasteiger partial charge in [0.2, 0.25) is 0 Å². The number of unbranched alkanes of at least 4 members (excludes halogenated alkanes) is 2. The number of hydrogen-bond donors (Lipinski definition) is 1. The summed E-state index contributed by atoms with van der Waals surface area (Å²) in [5.41, 5.74) is 4.67. The fourth-order valence-corrected chi connectivity index (χ4v) is 6.22. The summed E-state index contributed by atoms with van der Waals surface area (Å²) in [6, 6.07) is 21.0. The lowest BCUT2D eigenvalue weighted by Gasteiger charge is -2.32. The first kappa shape index (κ1) is 43.7. The summed E-state index contributed by atoms with van der Waals surface area (Å²) in [6.45, 7) is 9.27. The molecule has 4 rings (SSSR count). The van der Waals surface area contributed by atoms with Gasteiger partial charge >= 0.3 is 0 Å². The van der Waals surface area contributed by atoms with E-state index in [0.29, 0.717) is 12.0 Å². The third-order valence-corrected chi connectivity index (χ3v) is 8.80. The lowest BCUT2D eigenvalue weighted by Crippen LogP contribution is -2.26. The predicted octanol–water partition coefficient (Wildman–Crippen LogP) is 9.38. The van der Waals surface area contributed by atoms with Gasteiger partial charge in [0.1, 0.15) is 19.4 Å². The van der Waals surface area contributed by atoms with Gasteiger partial charge in [-0.1, -0.05) is 71.6 Å². The van der Waals surface area contributed by atoms with Gasteiger partial charge in [0, 0.05) is 55.2 Å². The monoisotopic (exact) mass is 633 g/mol. The van der Waals surface area contributed by atoms with E-state index in [0.717, 1.165) is 12.9 Å². The van der Waals surface area contributed by atoms with Crippen LogP contribution in [0, 0.1) is 31.1 Å². The molecule has 0 saturated carbocycles. The van der Waals surface area contributed by atoms with E-state index in [9.17, 15) is 0 Å². The van der Waals surface area contributed by atoms with Crippen LogP contribution >= 0.6 is 11.8 Å². The number of pyridine rings is 1. The van der Waals surface area contributed by atoms with E-state index in [1.165, 1.54) is 73.3 Å². The Hall–Kier alpha value is -3.38. The van der Waals surface area contributed by atoms with Crippen LogP contribution in [0.5, 0.6) is 5.75 Å². The van der Waals surface area contributed by atoms with Crippen molar-refractivity contribution in [2.75, 3.05) is 31.9 Å². The molecule has 0 fully saturated rings. The molecule has 5 heteroatoms. The molecule has 0 radical (unpaired) electrons. The molecule has 0 saturated heterocycles. The van der Waals surface area contributed by atoms with Crippen molar-refractivity contribution in [1.82, 2.24) is 0 Å². The third kappa shape index (κ3) is 17.6. The minimum atomic E-state index is 0.577. The van der Waals surface area contributed by atoms with Gasteiger partial charge in [0.25, 0.3) is 0 Å². The molecule has 1 aromatic heterocycles. The molecule has 2 heterocycles. The molecule has 0 unspecified atom stereocenters. The molecule has 0 spiro atoms. The second kappa shape index (κ2) is 28.1. The molecule has 2 aromatic carbocycles. The number of aryl methyl sites for hydroxylation is 2. The van der Waals surface area contributed by atoms with Crippen molar-refractivity contribution in [3.63, 3.8) is 0 Å². The van der Waals surface area contributed by atoms with Gasteiger partial charge in [-0.3, -0.25) is 0 Å². The zero-order chi connectivity index (χ0) is 34.5. The minimum absolute atomic E-state index is 0.577. The number of hydrogen-bond acceptors (Lipinski definition) is 4. The summed E-state index contributed by atoms with van der Waals surface area (Å²) in [7, 11) is 7.28. The normalized spacial score (nSPS) is 11.9. The number of benzene rings is 2. The van der Waals surface area contributed by atoms with Crippen molar-refractivity contribution in [3.05, 3.63) is 84.2 Å². The second-order valence-corrected chi connectivity index (χ2v) is 11.7. The molecule has 0 amide bonds. The van der Waals surface area contributed by atoms with Crippen LogP contribution in [0.3, 0.4) is 0 Å². The van der Waals surface area contributed by atoms with E-state index in [4.69, 9.17) is 9.84 Å². The summed E-state index contributed by atoms with van der Waals surface area (Å²) in [5, 5.41) is 7.00. The molecular weight excluding hydrogens is 573 g/mol. The average molecular weight is 634 g/mol. The standard InChI is InChI=1S/C20H33NS.C13H14NO.C2H6.2C2H2.CH4O/c1-5-7-12-20(13-8-6-2)14-11-17-15-18(21(3)4)9-10-19(17)22-16-20;1-14-9-7-12(8-10-14)11-15-13-5-3-2-4-6-13;4*1-2/h9-10,15H,5-8,11-14,16H2,1-4H3;2-10H,11H2,1H3;1-2H3;2*1-2H;2H,1H3/q;+1;;;;. The maximum Gasteiger partial charge on any atom is 0.168 e. The Morgan fingerprint density at radius 3 is 1.93 bits per heavy atom. The van der Waals surface area contributed by atoms with Crippen LogP contribution in [0.15, 0.2) is 78.0 Å². The van der Waals surface area contributed by atoms with Gasteiger partial charge in [0.15, 0.2) is 12.4 Å². The molecular formula is C40H61N2O2S+. The minimum Gasteiger partial charge on any atom is -0.489 e. The third-order valence-electron chi connectivity index (χ3n) is 7.34. The molecule has 1 N–H and O–H groups in total. The fourth-order valence-electron chi connectivity index (χ4n) is 4.82.